The fourth-order valence-electron chi connectivity index (χ4n) is 4.46. The van der Waals surface area contributed by atoms with Crippen molar-refractivity contribution in [1.29, 1.82) is 0 Å². The maximum Gasteiger partial charge on any atom is 0.0927 e. The lowest BCUT2D eigenvalue weighted by Crippen LogP contribution is -1.88. The predicted octanol–water partition coefficient (Wildman–Crippen LogP) is 7.65. The van der Waals surface area contributed by atoms with E-state index in [2.05, 4.69) is 123 Å². The lowest BCUT2D eigenvalue weighted by molar-refractivity contribution is 1.09. The van der Waals surface area contributed by atoms with Crippen molar-refractivity contribution in [2.45, 2.75) is 41.5 Å². The van der Waals surface area contributed by atoms with E-state index >= 15 is 0 Å². The molecule has 4 heteroatoms. The molecule has 34 heavy (non-hydrogen) atoms. The molecule has 0 saturated carbocycles. The summed E-state index contributed by atoms with van der Waals surface area (Å²) < 4.78 is 0. The minimum atomic E-state index is 0.924. The first-order valence-electron chi connectivity index (χ1n) is 11.7. The standard InChI is InChI=1S/C30H30N4/c1-17-10-25(11-18(2)21(17)5)29-15-27(31-33-29)23-8-7-9-24(14-23)28-16-30(34-32-28)26-12-19(3)22(6)20(4)13-26/h7-16H,1-6H3,(H,31,33)(H,32,34). The molecule has 3 aromatic carbocycles. The second kappa shape index (κ2) is 8.45. The van der Waals surface area contributed by atoms with Crippen LogP contribution < -0.4 is 0 Å². The number of hydrogen-bond acceptors (Lipinski definition) is 2. The zero-order valence-corrected chi connectivity index (χ0v) is 20.7. The van der Waals surface area contributed by atoms with Gasteiger partial charge < -0.3 is 0 Å². The Bertz CT molecular complexity index is 1360. The van der Waals surface area contributed by atoms with Crippen LogP contribution in [0.15, 0.2) is 60.7 Å². The highest BCUT2D eigenvalue weighted by atomic mass is 15.1. The van der Waals surface area contributed by atoms with E-state index in [4.69, 9.17) is 0 Å². The number of aromatic nitrogens is 4. The molecule has 0 saturated heterocycles. The van der Waals surface area contributed by atoms with Crippen LogP contribution in [0.5, 0.6) is 0 Å². The second-order valence-electron chi connectivity index (χ2n) is 9.38. The van der Waals surface area contributed by atoms with Gasteiger partial charge >= 0.3 is 0 Å². The molecule has 2 aromatic heterocycles. The molecule has 0 spiro atoms. The fraction of sp³-hybridized carbons (Fsp3) is 0.200. The van der Waals surface area contributed by atoms with E-state index in [1.807, 2.05) is 0 Å². The fourth-order valence-corrected chi connectivity index (χ4v) is 4.46. The normalized spacial score (nSPS) is 11.2. The van der Waals surface area contributed by atoms with Crippen molar-refractivity contribution in [2.24, 2.45) is 0 Å². The summed E-state index contributed by atoms with van der Waals surface area (Å²) in [6, 6.07) is 21.5. The van der Waals surface area contributed by atoms with Crippen molar-refractivity contribution in [3.63, 3.8) is 0 Å². The molecule has 4 nitrogen and oxygen atoms in total. The van der Waals surface area contributed by atoms with Gasteiger partial charge in [0, 0.05) is 22.3 Å². The largest absolute Gasteiger partial charge is 0.277 e. The first kappa shape index (κ1) is 21.9. The predicted molar refractivity (Wildman–Crippen MR) is 141 cm³/mol. The Hall–Kier alpha value is -3.92. The summed E-state index contributed by atoms with van der Waals surface area (Å²) in [7, 11) is 0. The summed E-state index contributed by atoms with van der Waals surface area (Å²) in [6.07, 6.45) is 0. The molecular weight excluding hydrogens is 416 g/mol. The van der Waals surface area contributed by atoms with Crippen molar-refractivity contribution in [1.82, 2.24) is 20.4 Å². The summed E-state index contributed by atoms with van der Waals surface area (Å²) in [4.78, 5) is 0. The van der Waals surface area contributed by atoms with Crippen molar-refractivity contribution < 1.29 is 0 Å². The number of aryl methyl sites for hydroxylation is 4. The van der Waals surface area contributed by atoms with Gasteiger partial charge in [-0.2, -0.15) is 10.2 Å². The minimum Gasteiger partial charge on any atom is -0.277 e. The van der Waals surface area contributed by atoms with Crippen molar-refractivity contribution in [2.75, 3.05) is 0 Å². The van der Waals surface area contributed by atoms with Crippen LogP contribution in [0.2, 0.25) is 0 Å². The Morgan fingerprint density at radius 1 is 0.471 bits per heavy atom. The minimum absolute atomic E-state index is 0.924. The molecule has 0 fully saturated rings. The van der Waals surface area contributed by atoms with Gasteiger partial charge in [-0.3, -0.25) is 10.2 Å². The van der Waals surface area contributed by atoms with E-state index in [1.54, 1.807) is 0 Å². The summed E-state index contributed by atoms with van der Waals surface area (Å²) in [5, 5.41) is 15.7. The summed E-state index contributed by atoms with van der Waals surface area (Å²) in [5.74, 6) is 0. The van der Waals surface area contributed by atoms with E-state index < -0.39 is 0 Å². The second-order valence-corrected chi connectivity index (χ2v) is 9.38. The molecule has 0 atom stereocenters. The number of hydrogen-bond donors (Lipinski definition) is 2. The van der Waals surface area contributed by atoms with Crippen LogP contribution in [0.1, 0.15) is 33.4 Å². The van der Waals surface area contributed by atoms with Crippen LogP contribution in [0, 0.1) is 41.5 Å². The summed E-state index contributed by atoms with van der Waals surface area (Å²) in [6.45, 7) is 13.0. The maximum absolute atomic E-state index is 4.61. The average Bonchev–Trinajstić information content (AvgIpc) is 3.51. The van der Waals surface area contributed by atoms with Crippen molar-refractivity contribution in [3.8, 4) is 45.0 Å². The van der Waals surface area contributed by atoms with Gasteiger partial charge in [0.2, 0.25) is 0 Å². The van der Waals surface area contributed by atoms with Gasteiger partial charge in [0.1, 0.15) is 0 Å². The molecule has 5 aromatic rings. The molecule has 0 radical (unpaired) electrons. The third-order valence-corrected chi connectivity index (χ3v) is 7.09. The van der Waals surface area contributed by atoms with E-state index in [0.29, 0.717) is 0 Å². The molecule has 0 aliphatic heterocycles. The SMILES string of the molecule is Cc1cc(-c2cc(-c3cccc(-c4cc(-c5cc(C)c(C)c(C)c5)[nH]n4)c3)n[nH]2)cc(C)c1C. The first-order valence-corrected chi connectivity index (χ1v) is 11.7. The lowest BCUT2D eigenvalue weighted by atomic mass is 9.98. The van der Waals surface area contributed by atoms with Crippen LogP contribution in [-0.2, 0) is 0 Å². The average molecular weight is 447 g/mol. The number of nitrogens with zero attached hydrogens (tertiary/aromatic N) is 2. The third kappa shape index (κ3) is 3.96. The van der Waals surface area contributed by atoms with Crippen LogP contribution >= 0.6 is 0 Å². The van der Waals surface area contributed by atoms with Crippen molar-refractivity contribution >= 4 is 0 Å². The quantitative estimate of drug-likeness (QED) is 0.298. The van der Waals surface area contributed by atoms with Crippen LogP contribution in [0.3, 0.4) is 0 Å². The van der Waals surface area contributed by atoms with E-state index in [-0.39, 0.29) is 0 Å². The van der Waals surface area contributed by atoms with Crippen LogP contribution in [0.25, 0.3) is 45.0 Å². The van der Waals surface area contributed by atoms with Gasteiger partial charge in [-0.15, -0.1) is 0 Å². The molecule has 5 rings (SSSR count). The molecule has 0 bridgehead atoms. The third-order valence-electron chi connectivity index (χ3n) is 7.09. The Morgan fingerprint density at radius 3 is 1.24 bits per heavy atom. The van der Waals surface area contributed by atoms with E-state index in [9.17, 15) is 0 Å². The molecule has 0 unspecified atom stereocenters. The smallest absolute Gasteiger partial charge is 0.0927 e. The highest BCUT2D eigenvalue weighted by Crippen LogP contribution is 2.31. The number of nitrogens with one attached hydrogen (secondary N) is 2. The Morgan fingerprint density at radius 2 is 0.853 bits per heavy atom. The van der Waals surface area contributed by atoms with E-state index in [1.165, 1.54) is 33.4 Å². The maximum atomic E-state index is 4.61. The molecular formula is C30H30N4. The summed E-state index contributed by atoms with van der Waals surface area (Å²) in [5.41, 5.74) is 16.2. The summed E-state index contributed by atoms with van der Waals surface area (Å²) >= 11 is 0. The molecule has 2 N–H and O–H groups in total. The zero-order valence-electron chi connectivity index (χ0n) is 20.7. The van der Waals surface area contributed by atoms with E-state index in [0.717, 1.165) is 45.0 Å². The molecule has 2 heterocycles. The van der Waals surface area contributed by atoms with Gasteiger partial charge in [0.25, 0.3) is 0 Å². The van der Waals surface area contributed by atoms with Gasteiger partial charge in [-0.1, -0.05) is 18.2 Å². The highest BCUT2D eigenvalue weighted by molar-refractivity contribution is 5.75. The van der Waals surface area contributed by atoms with Crippen LogP contribution in [-0.4, -0.2) is 20.4 Å². The van der Waals surface area contributed by atoms with Gasteiger partial charge in [0.05, 0.1) is 22.8 Å². The monoisotopic (exact) mass is 446 g/mol. The number of H-pyrrole nitrogens is 2. The number of aromatic amines is 2. The van der Waals surface area contributed by atoms with Gasteiger partial charge in [-0.25, -0.2) is 0 Å². The lowest BCUT2D eigenvalue weighted by Gasteiger charge is -2.07. The Balaban J connectivity index is 1.46. The molecule has 0 aliphatic carbocycles. The first-order chi connectivity index (χ1) is 16.3. The van der Waals surface area contributed by atoms with Crippen LogP contribution in [0.4, 0.5) is 0 Å². The van der Waals surface area contributed by atoms with Gasteiger partial charge in [0.15, 0.2) is 0 Å². The molecule has 0 amide bonds. The zero-order chi connectivity index (χ0) is 24.0. The Kier molecular flexibility index (Phi) is 5.45. The van der Waals surface area contributed by atoms with Gasteiger partial charge in [-0.05, 0) is 117 Å². The highest BCUT2D eigenvalue weighted by Gasteiger charge is 2.12. The topological polar surface area (TPSA) is 57.4 Å². The Labute approximate surface area is 201 Å². The molecule has 170 valence electrons. The van der Waals surface area contributed by atoms with Crippen molar-refractivity contribution in [3.05, 3.63) is 94.0 Å². The number of benzene rings is 3. The molecule has 0 aliphatic rings. The number of rotatable bonds is 4.